The summed E-state index contributed by atoms with van der Waals surface area (Å²) in [6.45, 7) is 3.02. The number of carbonyl (C=O) groups is 1. The highest BCUT2D eigenvalue weighted by Crippen LogP contribution is 2.26. The smallest absolute Gasteiger partial charge is 0.337 e. The highest BCUT2D eigenvalue weighted by molar-refractivity contribution is 5.88. The zero-order valence-electron chi connectivity index (χ0n) is 15.0. The number of benzene rings is 1. The van der Waals surface area contributed by atoms with E-state index < -0.39 is 0 Å². The van der Waals surface area contributed by atoms with E-state index in [1.165, 1.54) is 29.8 Å². The van der Waals surface area contributed by atoms with Gasteiger partial charge in [-0.25, -0.2) is 4.79 Å². The van der Waals surface area contributed by atoms with Crippen molar-refractivity contribution in [3.63, 3.8) is 0 Å². The van der Waals surface area contributed by atoms with Crippen LogP contribution in [0.1, 0.15) is 18.4 Å². The fourth-order valence-corrected chi connectivity index (χ4v) is 3.64. The molecular formula is C20H26N2O3. The second-order valence-electron chi connectivity index (χ2n) is 6.53. The third kappa shape index (κ3) is 4.04. The summed E-state index contributed by atoms with van der Waals surface area (Å²) < 4.78 is 9.94. The molecule has 25 heavy (non-hydrogen) atoms. The number of para-hydroxylation sites is 1. The Labute approximate surface area is 148 Å². The summed E-state index contributed by atoms with van der Waals surface area (Å²) in [6, 6.07) is 8.42. The minimum atomic E-state index is -0.279. The topological polar surface area (TPSA) is 54.6 Å². The molecule has 3 rings (SSSR count). The molecule has 134 valence electrons. The molecule has 0 bridgehead atoms. The van der Waals surface area contributed by atoms with Gasteiger partial charge in [-0.1, -0.05) is 18.2 Å². The first-order chi connectivity index (χ1) is 12.2. The molecule has 0 atom stereocenters. The van der Waals surface area contributed by atoms with Gasteiger partial charge in [0, 0.05) is 23.6 Å². The maximum Gasteiger partial charge on any atom is 0.337 e. The molecule has 2 heterocycles. The van der Waals surface area contributed by atoms with Crippen molar-refractivity contribution >= 4 is 16.9 Å². The number of nitrogens with one attached hydrogen (secondary N) is 1. The van der Waals surface area contributed by atoms with Gasteiger partial charge in [0.2, 0.25) is 0 Å². The van der Waals surface area contributed by atoms with E-state index in [1.54, 1.807) is 7.11 Å². The lowest BCUT2D eigenvalue weighted by molar-refractivity contribution is -0.137. The molecule has 0 amide bonds. The van der Waals surface area contributed by atoms with Crippen LogP contribution in [-0.4, -0.2) is 49.7 Å². The van der Waals surface area contributed by atoms with Gasteiger partial charge in [-0.15, -0.1) is 0 Å². The van der Waals surface area contributed by atoms with Crippen LogP contribution in [0.15, 0.2) is 42.3 Å². The Morgan fingerprint density at radius 3 is 2.76 bits per heavy atom. The predicted octanol–water partition coefficient (Wildman–Crippen LogP) is 3.13. The number of piperidine rings is 1. The normalized spacial score (nSPS) is 17.0. The number of aromatic nitrogens is 1. The van der Waals surface area contributed by atoms with Gasteiger partial charge >= 0.3 is 5.97 Å². The van der Waals surface area contributed by atoms with E-state index in [0.29, 0.717) is 5.57 Å². The number of aromatic amines is 1. The fraction of sp³-hybridized carbons (Fsp3) is 0.450. The molecule has 5 heteroatoms. The lowest BCUT2D eigenvalue weighted by Gasteiger charge is -2.32. The van der Waals surface area contributed by atoms with E-state index in [-0.39, 0.29) is 11.9 Å². The summed E-state index contributed by atoms with van der Waals surface area (Å²) >= 11 is 0. The monoisotopic (exact) mass is 342 g/mol. The molecular weight excluding hydrogens is 316 g/mol. The van der Waals surface area contributed by atoms with Crippen LogP contribution >= 0.6 is 0 Å². The summed E-state index contributed by atoms with van der Waals surface area (Å²) in [5, 5.41) is 1.31. The number of carbonyl (C=O) groups excluding carboxylic acids is 1. The Bertz CT molecular complexity index is 742. The maximum absolute atomic E-state index is 11.9. The third-order valence-electron chi connectivity index (χ3n) is 5.07. The SMILES string of the molecule is CO/C=C(/C(=O)OC)C1CCN(CCc2c[nH]c3ccccc23)CC1. The van der Waals surface area contributed by atoms with Crippen LogP contribution in [-0.2, 0) is 20.7 Å². The molecule has 1 saturated heterocycles. The van der Waals surface area contributed by atoms with Crippen molar-refractivity contribution in [2.45, 2.75) is 19.3 Å². The van der Waals surface area contributed by atoms with E-state index >= 15 is 0 Å². The molecule has 1 aromatic carbocycles. The van der Waals surface area contributed by atoms with Gasteiger partial charge in [0.15, 0.2) is 0 Å². The summed E-state index contributed by atoms with van der Waals surface area (Å²) in [7, 11) is 2.99. The van der Waals surface area contributed by atoms with Crippen LogP contribution in [0.3, 0.4) is 0 Å². The number of fused-ring (bicyclic) bond motifs is 1. The molecule has 0 saturated carbocycles. The minimum absolute atomic E-state index is 0.219. The highest BCUT2D eigenvalue weighted by Gasteiger charge is 2.27. The van der Waals surface area contributed by atoms with Crippen LogP contribution in [0.2, 0.25) is 0 Å². The van der Waals surface area contributed by atoms with Gasteiger partial charge in [-0.3, -0.25) is 0 Å². The molecule has 1 aliphatic rings. The predicted molar refractivity (Wildman–Crippen MR) is 98.3 cm³/mol. The van der Waals surface area contributed by atoms with Crippen molar-refractivity contribution < 1.29 is 14.3 Å². The summed E-state index contributed by atoms with van der Waals surface area (Å²) in [4.78, 5) is 17.7. The number of esters is 1. The van der Waals surface area contributed by atoms with E-state index in [9.17, 15) is 4.79 Å². The number of hydrogen-bond donors (Lipinski definition) is 1. The Kier molecular flexibility index (Phi) is 5.76. The zero-order valence-corrected chi connectivity index (χ0v) is 15.0. The Hall–Kier alpha value is -2.27. The van der Waals surface area contributed by atoms with E-state index in [1.807, 2.05) is 0 Å². The van der Waals surface area contributed by atoms with Crippen LogP contribution in [0, 0.1) is 5.92 Å². The molecule has 1 aliphatic heterocycles. The molecule has 1 fully saturated rings. The van der Waals surface area contributed by atoms with Crippen molar-refractivity contribution in [2.24, 2.45) is 5.92 Å². The second-order valence-corrected chi connectivity index (χ2v) is 6.53. The molecule has 1 aromatic heterocycles. The first-order valence-electron chi connectivity index (χ1n) is 8.81. The van der Waals surface area contributed by atoms with Gasteiger partial charge in [0.1, 0.15) is 0 Å². The van der Waals surface area contributed by atoms with Gasteiger partial charge in [-0.2, -0.15) is 0 Å². The van der Waals surface area contributed by atoms with Crippen molar-refractivity contribution in [3.8, 4) is 0 Å². The number of methoxy groups -OCH3 is 2. The summed E-state index contributed by atoms with van der Waals surface area (Å²) in [6.07, 6.45) is 6.61. The fourth-order valence-electron chi connectivity index (χ4n) is 3.64. The van der Waals surface area contributed by atoms with Crippen molar-refractivity contribution in [3.05, 3.63) is 47.9 Å². The molecule has 0 aliphatic carbocycles. The van der Waals surface area contributed by atoms with Gasteiger partial charge in [0.05, 0.1) is 26.1 Å². The second kappa shape index (κ2) is 8.21. The molecule has 2 aromatic rings. The van der Waals surface area contributed by atoms with E-state index in [2.05, 4.69) is 40.3 Å². The average Bonchev–Trinajstić information content (AvgIpc) is 3.07. The first kappa shape index (κ1) is 17.5. The first-order valence-corrected chi connectivity index (χ1v) is 8.81. The molecule has 0 unspecified atom stereocenters. The van der Waals surface area contributed by atoms with Crippen molar-refractivity contribution in [2.75, 3.05) is 33.9 Å². The number of H-pyrrole nitrogens is 1. The number of rotatable bonds is 6. The number of nitrogens with zero attached hydrogens (tertiary/aromatic N) is 1. The van der Waals surface area contributed by atoms with Gasteiger partial charge in [-0.05, 0) is 49.9 Å². The lowest BCUT2D eigenvalue weighted by atomic mass is 9.89. The molecule has 5 nitrogen and oxygen atoms in total. The van der Waals surface area contributed by atoms with Crippen molar-refractivity contribution in [1.29, 1.82) is 0 Å². The third-order valence-corrected chi connectivity index (χ3v) is 5.07. The number of ether oxygens (including phenoxy) is 2. The Balaban J connectivity index is 1.54. The highest BCUT2D eigenvalue weighted by atomic mass is 16.5. The maximum atomic E-state index is 11.9. The molecule has 0 radical (unpaired) electrons. The Morgan fingerprint density at radius 1 is 1.28 bits per heavy atom. The zero-order chi connectivity index (χ0) is 17.6. The van der Waals surface area contributed by atoms with Crippen molar-refractivity contribution in [1.82, 2.24) is 9.88 Å². The lowest BCUT2D eigenvalue weighted by Crippen LogP contribution is -2.36. The van der Waals surface area contributed by atoms with Crippen LogP contribution < -0.4 is 0 Å². The average molecular weight is 342 g/mol. The van der Waals surface area contributed by atoms with Crippen LogP contribution in [0.25, 0.3) is 10.9 Å². The number of hydrogen-bond acceptors (Lipinski definition) is 4. The number of likely N-dealkylation sites (tertiary alicyclic amines) is 1. The minimum Gasteiger partial charge on any atom is -0.504 e. The summed E-state index contributed by atoms with van der Waals surface area (Å²) in [5.74, 6) is -0.0594. The standard InChI is InChI=1S/C20H26N2O3/c1-24-14-18(20(23)25-2)15-7-10-22(11-8-15)12-9-16-13-21-19-6-4-3-5-17(16)19/h3-6,13-15,21H,7-12H2,1-2H3/b18-14+. The van der Waals surface area contributed by atoms with Crippen LogP contribution in [0.5, 0.6) is 0 Å². The van der Waals surface area contributed by atoms with Gasteiger partial charge < -0.3 is 19.4 Å². The molecule has 1 N–H and O–H groups in total. The van der Waals surface area contributed by atoms with E-state index in [4.69, 9.17) is 9.47 Å². The quantitative estimate of drug-likeness (QED) is 0.498. The summed E-state index contributed by atoms with van der Waals surface area (Å²) in [5.41, 5.74) is 3.22. The Morgan fingerprint density at radius 2 is 2.04 bits per heavy atom. The van der Waals surface area contributed by atoms with Gasteiger partial charge in [0.25, 0.3) is 0 Å². The van der Waals surface area contributed by atoms with Crippen LogP contribution in [0.4, 0.5) is 0 Å². The van der Waals surface area contributed by atoms with E-state index in [0.717, 1.165) is 38.9 Å². The largest absolute Gasteiger partial charge is 0.504 e. The molecule has 0 spiro atoms.